The van der Waals surface area contributed by atoms with Gasteiger partial charge in [-0.25, -0.2) is 4.98 Å². The maximum atomic E-state index is 5.47. The standard InChI is InChI=1S/C14H22N6OS/c1-9(2)6-11(17-10-4-3-5-22-7-10)14-18-13(20-21-14)12-15-8-16-19-12/h8-11,17H,3-7H2,1-2H3,(H,15,16,19)/t10-,11-/m0/s1. The normalized spacial score (nSPS) is 20.4. The fourth-order valence-corrected chi connectivity index (χ4v) is 3.74. The summed E-state index contributed by atoms with van der Waals surface area (Å²) in [7, 11) is 0. The first-order valence-electron chi connectivity index (χ1n) is 7.75. The van der Waals surface area contributed by atoms with E-state index in [4.69, 9.17) is 4.52 Å². The zero-order chi connectivity index (χ0) is 15.4. The number of aromatic nitrogens is 5. The topological polar surface area (TPSA) is 92.5 Å². The molecule has 0 aromatic carbocycles. The highest BCUT2D eigenvalue weighted by atomic mass is 32.2. The van der Waals surface area contributed by atoms with E-state index in [0.29, 0.717) is 29.5 Å². The van der Waals surface area contributed by atoms with Crippen LogP contribution in [-0.4, -0.2) is 42.9 Å². The fourth-order valence-electron chi connectivity index (χ4n) is 2.65. The van der Waals surface area contributed by atoms with Gasteiger partial charge in [0.15, 0.2) is 5.82 Å². The van der Waals surface area contributed by atoms with E-state index in [0.717, 1.165) is 12.2 Å². The van der Waals surface area contributed by atoms with Crippen molar-refractivity contribution < 1.29 is 4.52 Å². The van der Waals surface area contributed by atoms with Crippen LogP contribution in [0, 0.1) is 5.92 Å². The van der Waals surface area contributed by atoms with Crippen LogP contribution < -0.4 is 5.32 Å². The second kappa shape index (κ2) is 7.23. The molecule has 0 amide bonds. The van der Waals surface area contributed by atoms with Crippen LogP contribution in [0.2, 0.25) is 0 Å². The van der Waals surface area contributed by atoms with Crippen molar-refractivity contribution in [3.63, 3.8) is 0 Å². The zero-order valence-electron chi connectivity index (χ0n) is 13.0. The molecule has 0 radical (unpaired) electrons. The third-order valence-electron chi connectivity index (χ3n) is 3.67. The first kappa shape index (κ1) is 15.5. The highest BCUT2D eigenvalue weighted by Gasteiger charge is 2.25. The molecule has 3 heterocycles. The van der Waals surface area contributed by atoms with E-state index in [2.05, 4.69) is 44.5 Å². The van der Waals surface area contributed by atoms with Gasteiger partial charge >= 0.3 is 0 Å². The van der Waals surface area contributed by atoms with Crippen molar-refractivity contribution in [2.24, 2.45) is 5.92 Å². The molecular formula is C14H22N6OS. The monoisotopic (exact) mass is 322 g/mol. The molecule has 1 aliphatic heterocycles. The van der Waals surface area contributed by atoms with Gasteiger partial charge in [-0.15, -0.1) is 0 Å². The predicted octanol–water partition coefficient (Wildman–Crippen LogP) is 2.43. The molecule has 2 N–H and O–H groups in total. The second-order valence-corrected chi connectivity index (χ2v) is 7.20. The Balaban J connectivity index is 1.73. The van der Waals surface area contributed by atoms with Crippen molar-refractivity contribution in [1.29, 1.82) is 0 Å². The summed E-state index contributed by atoms with van der Waals surface area (Å²) < 4.78 is 5.47. The van der Waals surface area contributed by atoms with Crippen LogP contribution in [0.5, 0.6) is 0 Å². The van der Waals surface area contributed by atoms with E-state index in [1.165, 1.54) is 24.9 Å². The average molecular weight is 322 g/mol. The summed E-state index contributed by atoms with van der Waals surface area (Å²) in [4.78, 5) is 8.55. The van der Waals surface area contributed by atoms with Gasteiger partial charge in [0.2, 0.25) is 11.7 Å². The molecule has 2 atom stereocenters. The van der Waals surface area contributed by atoms with Gasteiger partial charge in [0, 0.05) is 11.8 Å². The molecule has 1 aliphatic rings. The molecule has 22 heavy (non-hydrogen) atoms. The van der Waals surface area contributed by atoms with Gasteiger partial charge in [-0.1, -0.05) is 19.0 Å². The Morgan fingerprint density at radius 3 is 3.09 bits per heavy atom. The van der Waals surface area contributed by atoms with Crippen LogP contribution in [0.1, 0.15) is 45.0 Å². The highest BCUT2D eigenvalue weighted by molar-refractivity contribution is 7.99. The molecule has 7 nitrogen and oxygen atoms in total. The summed E-state index contributed by atoms with van der Waals surface area (Å²) in [6, 6.07) is 0.607. The summed E-state index contributed by atoms with van der Waals surface area (Å²) in [5.41, 5.74) is 0. The largest absolute Gasteiger partial charge is 0.337 e. The Hall–Kier alpha value is -1.41. The van der Waals surface area contributed by atoms with Gasteiger partial charge in [0.25, 0.3) is 0 Å². The summed E-state index contributed by atoms with van der Waals surface area (Å²) in [6.45, 7) is 4.41. The summed E-state index contributed by atoms with van der Waals surface area (Å²) >= 11 is 2.01. The molecule has 2 aromatic rings. The quantitative estimate of drug-likeness (QED) is 0.843. The first-order chi connectivity index (χ1) is 10.7. The minimum atomic E-state index is 0.0906. The minimum absolute atomic E-state index is 0.0906. The van der Waals surface area contributed by atoms with Crippen molar-refractivity contribution in [2.45, 2.75) is 45.2 Å². The third kappa shape index (κ3) is 3.86. The van der Waals surface area contributed by atoms with Crippen LogP contribution in [0.4, 0.5) is 0 Å². The molecule has 120 valence electrons. The van der Waals surface area contributed by atoms with E-state index in [1.807, 2.05) is 11.8 Å². The molecule has 1 saturated heterocycles. The van der Waals surface area contributed by atoms with Crippen LogP contribution in [0.25, 0.3) is 11.6 Å². The second-order valence-electron chi connectivity index (χ2n) is 6.05. The fraction of sp³-hybridized carbons (Fsp3) is 0.714. The van der Waals surface area contributed by atoms with Crippen molar-refractivity contribution >= 4 is 11.8 Å². The SMILES string of the molecule is CC(C)C[C@H](N[C@H]1CCCSC1)c1nc(-c2ncn[nH]2)no1. The maximum absolute atomic E-state index is 5.47. The number of hydrogen-bond acceptors (Lipinski definition) is 7. The Morgan fingerprint density at radius 1 is 1.50 bits per heavy atom. The smallest absolute Gasteiger partial charge is 0.244 e. The van der Waals surface area contributed by atoms with E-state index in [9.17, 15) is 0 Å². The van der Waals surface area contributed by atoms with Gasteiger partial charge < -0.3 is 9.84 Å². The maximum Gasteiger partial charge on any atom is 0.244 e. The summed E-state index contributed by atoms with van der Waals surface area (Å²) in [6.07, 6.45) is 4.89. The lowest BCUT2D eigenvalue weighted by molar-refractivity contribution is 0.285. The van der Waals surface area contributed by atoms with Gasteiger partial charge in [-0.05, 0) is 30.9 Å². The molecular weight excluding hydrogens is 300 g/mol. The molecule has 2 aromatic heterocycles. The number of hydrogen-bond donors (Lipinski definition) is 2. The van der Waals surface area contributed by atoms with E-state index < -0.39 is 0 Å². The van der Waals surface area contributed by atoms with Crippen LogP contribution in [0.3, 0.4) is 0 Å². The summed E-state index contributed by atoms with van der Waals surface area (Å²) in [5.74, 6) is 4.60. The summed E-state index contributed by atoms with van der Waals surface area (Å²) in [5, 5.41) is 14.3. The third-order valence-corrected chi connectivity index (χ3v) is 4.89. The van der Waals surface area contributed by atoms with E-state index >= 15 is 0 Å². The number of aromatic amines is 1. The molecule has 0 unspecified atom stereocenters. The number of rotatable bonds is 6. The molecule has 1 fully saturated rings. The highest BCUT2D eigenvalue weighted by Crippen LogP contribution is 2.25. The van der Waals surface area contributed by atoms with Gasteiger partial charge in [-0.3, -0.25) is 5.10 Å². The van der Waals surface area contributed by atoms with Crippen molar-refractivity contribution in [1.82, 2.24) is 30.6 Å². The molecule has 3 rings (SSSR count). The van der Waals surface area contributed by atoms with Gasteiger partial charge in [0.05, 0.1) is 6.04 Å². The van der Waals surface area contributed by atoms with E-state index in [-0.39, 0.29) is 6.04 Å². The minimum Gasteiger partial charge on any atom is -0.337 e. The Labute approximate surface area is 134 Å². The Morgan fingerprint density at radius 2 is 2.41 bits per heavy atom. The van der Waals surface area contributed by atoms with Crippen LogP contribution >= 0.6 is 11.8 Å². The lowest BCUT2D eigenvalue weighted by Gasteiger charge is -2.27. The number of nitrogens with one attached hydrogen (secondary N) is 2. The lowest BCUT2D eigenvalue weighted by Crippen LogP contribution is -2.37. The van der Waals surface area contributed by atoms with Gasteiger partial charge in [0.1, 0.15) is 6.33 Å². The van der Waals surface area contributed by atoms with Crippen LogP contribution in [0.15, 0.2) is 10.9 Å². The number of H-pyrrole nitrogens is 1. The van der Waals surface area contributed by atoms with E-state index in [1.54, 1.807) is 0 Å². The van der Waals surface area contributed by atoms with Crippen molar-refractivity contribution in [3.05, 3.63) is 12.2 Å². The van der Waals surface area contributed by atoms with Crippen LogP contribution in [-0.2, 0) is 0 Å². The molecule has 0 aliphatic carbocycles. The predicted molar refractivity (Wildman–Crippen MR) is 85.4 cm³/mol. The molecule has 8 heteroatoms. The van der Waals surface area contributed by atoms with Gasteiger partial charge in [-0.2, -0.15) is 21.8 Å². The molecule has 0 spiro atoms. The first-order valence-corrected chi connectivity index (χ1v) is 8.91. The Kier molecular flexibility index (Phi) is 5.09. The Bertz CT molecular complexity index is 564. The lowest BCUT2D eigenvalue weighted by atomic mass is 10.0. The molecule has 0 saturated carbocycles. The van der Waals surface area contributed by atoms with Crippen molar-refractivity contribution in [3.8, 4) is 11.6 Å². The van der Waals surface area contributed by atoms with Crippen molar-refractivity contribution in [2.75, 3.05) is 11.5 Å². The zero-order valence-corrected chi connectivity index (χ0v) is 13.8. The number of nitrogens with zero attached hydrogens (tertiary/aromatic N) is 4. The number of thioether (sulfide) groups is 1. The average Bonchev–Trinajstić information content (AvgIpc) is 3.18. The molecule has 0 bridgehead atoms.